The number of hydrogen-bond donors (Lipinski definition) is 0. The van der Waals surface area contributed by atoms with Gasteiger partial charge in [-0.1, -0.05) is 0 Å². The van der Waals surface area contributed by atoms with Crippen molar-refractivity contribution < 1.29 is 21.5 Å². The molecule has 0 fully saturated rings. The molecule has 7 heteroatoms. The quantitative estimate of drug-likeness (QED) is 0.219. The third-order valence-corrected chi connectivity index (χ3v) is 7.46. The Bertz CT molecular complexity index is 1250. The van der Waals surface area contributed by atoms with E-state index < -0.39 is 0 Å². The maximum absolute atomic E-state index is 13.3. The van der Waals surface area contributed by atoms with Crippen LogP contribution in [0.15, 0.2) is 59.7 Å². The van der Waals surface area contributed by atoms with Gasteiger partial charge in [-0.15, -0.1) is 0 Å². The van der Waals surface area contributed by atoms with Crippen molar-refractivity contribution in [2.75, 3.05) is 14.6 Å². The number of nitrogens with zero attached hydrogens (tertiary/aromatic N) is 5. The molecule has 0 N–H and O–H groups in total. The van der Waals surface area contributed by atoms with E-state index in [1.165, 1.54) is 10.4 Å². The Morgan fingerprint density at radius 2 is 1.93 bits per heavy atom. The number of halogens is 1. The zero-order chi connectivity index (χ0) is 21.3. The normalized spacial score (nSPS) is 11.3. The summed E-state index contributed by atoms with van der Waals surface area (Å²) >= 11 is -0.0443. The third-order valence-electron chi connectivity index (χ3n) is 5.26. The standard InChI is InChI=1S/C23H25IN5O/c1-5-13-27(24-4)18-9-8-10-19(14-18)28-16(2)20-15-26-29(21-11-6-7-12-25-21)23(30)22(20)17(28)3/h6-12,14-15H,5,13H2,1-4H3/q-1. The fraction of sp³-hybridized carbons (Fsp3) is 0.261. The number of alkyl halides is 1. The van der Waals surface area contributed by atoms with E-state index in [4.69, 9.17) is 0 Å². The zero-order valence-electron chi connectivity index (χ0n) is 17.6. The SMILES string of the molecule is CCCN([I-]C)c1cccc(-n2c(C)c3cnn(-c4ccccn4)c(=O)c3c2C)c1. The van der Waals surface area contributed by atoms with E-state index in [0.29, 0.717) is 11.2 Å². The van der Waals surface area contributed by atoms with Crippen LogP contribution in [0.3, 0.4) is 0 Å². The molecular weight excluding hydrogens is 489 g/mol. The monoisotopic (exact) mass is 514 g/mol. The fourth-order valence-corrected chi connectivity index (χ4v) is 5.70. The van der Waals surface area contributed by atoms with Crippen LogP contribution in [-0.4, -0.2) is 30.8 Å². The summed E-state index contributed by atoms with van der Waals surface area (Å²) in [6.45, 7) is 7.33. The Balaban J connectivity index is 1.89. The van der Waals surface area contributed by atoms with Gasteiger partial charge in [0.2, 0.25) is 0 Å². The topological polar surface area (TPSA) is 56.0 Å². The molecule has 0 bridgehead atoms. The van der Waals surface area contributed by atoms with Crippen molar-refractivity contribution in [2.45, 2.75) is 27.2 Å². The number of rotatable bonds is 6. The molecule has 0 aliphatic heterocycles. The first kappa shape index (κ1) is 20.6. The number of hydrogen-bond acceptors (Lipinski definition) is 4. The Kier molecular flexibility index (Phi) is 5.90. The number of benzene rings is 1. The summed E-state index contributed by atoms with van der Waals surface area (Å²) in [6.07, 6.45) is 4.57. The van der Waals surface area contributed by atoms with Gasteiger partial charge in [-0.25, -0.2) is 0 Å². The number of pyridine rings is 1. The maximum atomic E-state index is 13.3. The van der Waals surface area contributed by atoms with E-state index >= 15 is 0 Å². The second-order valence-corrected chi connectivity index (χ2v) is 9.25. The minimum atomic E-state index is -0.145. The van der Waals surface area contributed by atoms with Crippen LogP contribution in [0.2, 0.25) is 0 Å². The molecule has 3 aromatic heterocycles. The van der Waals surface area contributed by atoms with Crippen molar-refractivity contribution in [1.82, 2.24) is 19.3 Å². The molecule has 0 radical (unpaired) electrons. The van der Waals surface area contributed by atoms with Gasteiger partial charge < -0.3 is 0 Å². The summed E-state index contributed by atoms with van der Waals surface area (Å²) in [7, 11) is 0. The molecule has 0 aliphatic rings. The average molecular weight is 514 g/mol. The molecule has 0 aliphatic carbocycles. The van der Waals surface area contributed by atoms with Gasteiger partial charge in [0.05, 0.1) is 0 Å². The molecule has 6 nitrogen and oxygen atoms in total. The number of fused-ring (bicyclic) bond motifs is 1. The molecule has 0 saturated heterocycles. The van der Waals surface area contributed by atoms with E-state index in [1.54, 1.807) is 18.5 Å². The van der Waals surface area contributed by atoms with Gasteiger partial charge in [0.15, 0.2) is 0 Å². The second-order valence-electron chi connectivity index (χ2n) is 7.12. The minimum absolute atomic E-state index is 0.0443. The molecule has 1 aromatic carbocycles. The number of anilines is 1. The number of aryl methyl sites for hydroxylation is 2. The van der Waals surface area contributed by atoms with Crippen molar-refractivity contribution in [3.8, 4) is 11.5 Å². The summed E-state index contributed by atoms with van der Waals surface area (Å²) in [4.78, 5) is 19.9. The molecule has 0 atom stereocenters. The Labute approximate surface area is 186 Å². The second kappa shape index (κ2) is 8.59. The van der Waals surface area contributed by atoms with Crippen molar-refractivity contribution in [1.29, 1.82) is 0 Å². The van der Waals surface area contributed by atoms with Gasteiger partial charge in [0.1, 0.15) is 0 Å². The van der Waals surface area contributed by atoms with Gasteiger partial charge >= 0.3 is 181 Å². The molecular formula is C23H25IN5O-. The van der Waals surface area contributed by atoms with Crippen molar-refractivity contribution in [2.24, 2.45) is 0 Å². The van der Waals surface area contributed by atoms with Crippen molar-refractivity contribution in [3.63, 3.8) is 0 Å². The van der Waals surface area contributed by atoms with Crippen LogP contribution in [0.5, 0.6) is 0 Å². The molecule has 0 saturated carbocycles. The summed E-state index contributed by atoms with van der Waals surface area (Å²) in [5.41, 5.74) is 4.11. The third kappa shape index (κ3) is 3.51. The predicted molar refractivity (Wildman–Crippen MR) is 117 cm³/mol. The Hall–Kier alpha value is -2.68. The van der Waals surface area contributed by atoms with Crippen LogP contribution < -0.4 is 30.2 Å². The van der Waals surface area contributed by atoms with Crippen LogP contribution >= 0.6 is 0 Å². The van der Waals surface area contributed by atoms with E-state index in [0.717, 1.165) is 35.4 Å². The fourth-order valence-electron chi connectivity index (χ4n) is 3.88. The Morgan fingerprint density at radius 3 is 2.63 bits per heavy atom. The molecule has 0 spiro atoms. The van der Waals surface area contributed by atoms with Gasteiger partial charge in [-0.2, -0.15) is 0 Å². The molecule has 0 unspecified atom stereocenters. The first-order chi connectivity index (χ1) is 14.6. The van der Waals surface area contributed by atoms with Gasteiger partial charge in [0.25, 0.3) is 0 Å². The average Bonchev–Trinajstić information content (AvgIpc) is 3.03. The molecule has 4 aromatic rings. The summed E-state index contributed by atoms with van der Waals surface area (Å²) in [5, 5.41) is 5.96. The summed E-state index contributed by atoms with van der Waals surface area (Å²) in [6, 6.07) is 14.1. The van der Waals surface area contributed by atoms with Crippen LogP contribution in [0.25, 0.3) is 22.3 Å². The van der Waals surface area contributed by atoms with Crippen LogP contribution in [-0.2, 0) is 0 Å². The summed E-state index contributed by atoms with van der Waals surface area (Å²) in [5.74, 6) is 0.526. The molecule has 3 heterocycles. The summed E-state index contributed by atoms with van der Waals surface area (Å²) < 4.78 is 6.02. The first-order valence-corrected chi connectivity index (χ1v) is 13.1. The van der Waals surface area contributed by atoms with E-state index in [1.807, 2.05) is 26.0 Å². The van der Waals surface area contributed by atoms with Crippen LogP contribution in [0.4, 0.5) is 5.69 Å². The van der Waals surface area contributed by atoms with Crippen molar-refractivity contribution >= 4 is 16.5 Å². The van der Waals surface area contributed by atoms with Crippen LogP contribution in [0, 0.1) is 13.8 Å². The van der Waals surface area contributed by atoms with Gasteiger partial charge in [-0.3, -0.25) is 0 Å². The molecule has 0 amide bonds. The van der Waals surface area contributed by atoms with Gasteiger partial charge in [-0.05, 0) is 6.07 Å². The Morgan fingerprint density at radius 1 is 1.10 bits per heavy atom. The van der Waals surface area contributed by atoms with E-state index in [2.05, 4.69) is 53.9 Å². The number of aromatic nitrogens is 4. The predicted octanol–water partition coefficient (Wildman–Crippen LogP) is 1.04. The van der Waals surface area contributed by atoms with Crippen molar-refractivity contribution in [3.05, 3.63) is 76.6 Å². The van der Waals surface area contributed by atoms with Crippen LogP contribution in [0.1, 0.15) is 24.7 Å². The molecule has 30 heavy (non-hydrogen) atoms. The van der Waals surface area contributed by atoms with Gasteiger partial charge in [0, 0.05) is 0 Å². The zero-order valence-corrected chi connectivity index (χ0v) is 19.8. The molecule has 156 valence electrons. The van der Waals surface area contributed by atoms with E-state index in [9.17, 15) is 4.79 Å². The van der Waals surface area contributed by atoms with E-state index in [-0.39, 0.29) is 27.0 Å². The first-order valence-electron chi connectivity index (χ1n) is 9.95. The molecule has 4 rings (SSSR count).